The molecule has 1 aliphatic heterocycles. The van der Waals surface area contributed by atoms with E-state index in [4.69, 9.17) is 15.3 Å². The van der Waals surface area contributed by atoms with Gasteiger partial charge in [-0.05, 0) is 26.8 Å². The minimum absolute atomic E-state index is 0.251. The predicted octanol–water partition coefficient (Wildman–Crippen LogP) is 1.73. The summed E-state index contributed by atoms with van der Waals surface area (Å²) in [5.74, 6) is 0.544. The molecule has 5 nitrogen and oxygen atoms in total. The van der Waals surface area contributed by atoms with Crippen LogP contribution < -0.4 is 5.73 Å². The highest BCUT2D eigenvalue weighted by Crippen LogP contribution is 2.24. The Bertz CT molecular complexity index is 286. The summed E-state index contributed by atoms with van der Waals surface area (Å²) in [4.78, 5) is 16.5. The Morgan fingerprint density at radius 3 is 2.73 bits per heavy atom. The summed E-state index contributed by atoms with van der Waals surface area (Å²) in [6.45, 7) is 5.63. The van der Waals surface area contributed by atoms with Crippen molar-refractivity contribution in [2.75, 3.05) is 6.54 Å². The Balaban J connectivity index is 2.57. The number of ether oxygens (including phenoxy) is 1. The van der Waals surface area contributed by atoms with Crippen LogP contribution in [0.1, 0.15) is 20.8 Å². The lowest BCUT2D eigenvalue weighted by Crippen LogP contribution is -2.37. The van der Waals surface area contributed by atoms with Crippen molar-refractivity contribution in [2.45, 2.75) is 31.3 Å². The molecule has 0 aromatic heterocycles. The number of halogens is 1. The second-order valence-electron chi connectivity index (χ2n) is 4.11. The second kappa shape index (κ2) is 4.40. The summed E-state index contributed by atoms with van der Waals surface area (Å²) in [5, 5.41) is 1.10. The van der Waals surface area contributed by atoms with Crippen molar-refractivity contribution in [1.29, 1.82) is 0 Å². The van der Waals surface area contributed by atoms with Gasteiger partial charge in [-0.3, -0.25) is 0 Å². The quantitative estimate of drug-likeness (QED) is 0.586. The third kappa shape index (κ3) is 3.39. The number of hydrogen-bond donors (Lipinski definition) is 1. The van der Waals surface area contributed by atoms with E-state index in [0.29, 0.717) is 5.76 Å². The monoisotopic (exact) mass is 278 g/mol. The van der Waals surface area contributed by atoms with Gasteiger partial charge in [-0.2, -0.15) is 0 Å². The lowest BCUT2D eigenvalue weighted by Gasteiger charge is -2.25. The number of hydrogen-bond acceptors (Lipinski definition) is 4. The number of amides is 1. The largest absolute Gasteiger partial charge is 0.445 e. The zero-order chi connectivity index (χ0) is 11.6. The molecule has 0 saturated heterocycles. The van der Waals surface area contributed by atoms with Crippen LogP contribution in [0.25, 0.3) is 0 Å². The fourth-order valence-corrected chi connectivity index (χ4v) is 1.52. The molecule has 2 N–H and O–H groups in total. The van der Waals surface area contributed by atoms with Gasteiger partial charge >= 0.3 is 6.09 Å². The van der Waals surface area contributed by atoms with E-state index in [-0.39, 0.29) is 11.5 Å². The van der Waals surface area contributed by atoms with Crippen molar-refractivity contribution < 1.29 is 14.4 Å². The molecule has 0 saturated carbocycles. The van der Waals surface area contributed by atoms with Gasteiger partial charge in [0.25, 0.3) is 0 Å². The predicted molar refractivity (Wildman–Crippen MR) is 59.0 cm³/mol. The van der Waals surface area contributed by atoms with E-state index in [1.807, 2.05) is 0 Å². The van der Waals surface area contributed by atoms with E-state index in [2.05, 4.69) is 15.9 Å². The van der Waals surface area contributed by atoms with Crippen LogP contribution in [0.2, 0.25) is 0 Å². The van der Waals surface area contributed by atoms with Crippen LogP contribution in [0, 0.1) is 0 Å². The van der Waals surface area contributed by atoms with Crippen molar-refractivity contribution in [1.82, 2.24) is 5.06 Å². The molecule has 0 aliphatic carbocycles. The van der Waals surface area contributed by atoms with E-state index < -0.39 is 11.7 Å². The van der Waals surface area contributed by atoms with Crippen LogP contribution in [0.5, 0.6) is 0 Å². The lowest BCUT2D eigenvalue weighted by atomic mass is 10.2. The van der Waals surface area contributed by atoms with Crippen LogP contribution in [0.15, 0.2) is 11.8 Å². The smallest absolute Gasteiger partial charge is 0.442 e. The summed E-state index contributed by atoms with van der Waals surface area (Å²) >= 11 is 3.26. The molecule has 0 radical (unpaired) electrons. The summed E-state index contributed by atoms with van der Waals surface area (Å²) in [6, 6.07) is 0. The Morgan fingerprint density at radius 2 is 2.33 bits per heavy atom. The van der Waals surface area contributed by atoms with Gasteiger partial charge in [-0.1, -0.05) is 15.9 Å². The number of carbonyl (C=O) groups excluding carboxylic acids is 1. The fraction of sp³-hybridized carbons (Fsp3) is 0.667. The van der Waals surface area contributed by atoms with Gasteiger partial charge in [0.05, 0.1) is 6.54 Å². The Hall–Kier alpha value is -0.750. The molecule has 86 valence electrons. The first-order valence-corrected chi connectivity index (χ1v) is 5.50. The van der Waals surface area contributed by atoms with Crippen LogP contribution >= 0.6 is 15.9 Å². The molecule has 1 amide bonds. The second-order valence-corrected chi connectivity index (χ2v) is 5.05. The molecule has 1 aliphatic rings. The van der Waals surface area contributed by atoms with Crippen molar-refractivity contribution >= 4 is 22.0 Å². The van der Waals surface area contributed by atoms with Crippen molar-refractivity contribution in [3.05, 3.63) is 11.8 Å². The number of carbonyl (C=O) groups is 1. The van der Waals surface area contributed by atoms with E-state index >= 15 is 0 Å². The van der Waals surface area contributed by atoms with Crippen molar-refractivity contribution in [3.8, 4) is 0 Å². The van der Waals surface area contributed by atoms with Gasteiger partial charge in [0.2, 0.25) is 0 Å². The molecule has 1 atom stereocenters. The van der Waals surface area contributed by atoms with Crippen LogP contribution in [0.4, 0.5) is 4.79 Å². The highest BCUT2D eigenvalue weighted by Gasteiger charge is 2.32. The van der Waals surface area contributed by atoms with Gasteiger partial charge in [-0.25, -0.2) is 4.79 Å². The molecule has 6 heteroatoms. The minimum Gasteiger partial charge on any atom is -0.442 e. The third-order valence-electron chi connectivity index (χ3n) is 1.54. The Morgan fingerprint density at radius 1 is 1.73 bits per heavy atom. The van der Waals surface area contributed by atoms with Crippen LogP contribution in [0.3, 0.4) is 0 Å². The van der Waals surface area contributed by atoms with E-state index in [1.54, 1.807) is 26.8 Å². The summed E-state index contributed by atoms with van der Waals surface area (Å²) in [7, 11) is 0. The standard InChI is InChI=1S/C9H15BrN2O3/c1-9(2,3)14-8(13)12-7(10)4-6(5-11)15-12/h4,7H,5,11H2,1-3H3/t7-/m0/s1. The molecular formula is C9H15BrN2O3. The number of rotatable bonds is 1. The molecule has 1 rings (SSSR count). The first kappa shape index (κ1) is 12.3. The van der Waals surface area contributed by atoms with Crippen LogP contribution in [-0.2, 0) is 9.57 Å². The molecule has 0 unspecified atom stereocenters. The number of nitrogens with two attached hydrogens (primary N) is 1. The van der Waals surface area contributed by atoms with Crippen molar-refractivity contribution in [3.63, 3.8) is 0 Å². The third-order valence-corrected chi connectivity index (χ3v) is 2.17. The summed E-state index contributed by atoms with van der Waals surface area (Å²) < 4.78 is 5.14. The topological polar surface area (TPSA) is 64.8 Å². The summed E-state index contributed by atoms with van der Waals surface area (Å²) in [6.07, 6.45) is 1.17. The fourth-order valence-electron chi connectivity index (χ4n) is 0.978. The molecule has 0 fully saturated rings. The van der Waals surface area contributed by atoms with Gasteiger partial charge < -0.3 is 15.3 Å². The zero-order valence-electron chi connectivity index (χ0n) is 8.99. The van der Waals surface area contributed by atoms with Crippen molar-refractivity contribution in [2.24, 2.45) is 5.73 Å². The van der Waals surface area contributed by atoms with E-state index in [9.17, 15) is 4.79 Å². The van der Waals surface area contributed by atoms with Gasteiger partial charge in [0, 0.05) is 0 Å². The molecular weight excluding hydrogens is 264 g/mol. The van der Waals surface area contributed by atoms with Gasteiger partial charge in [-0.15, -0.1) is 5.06 Å². The molecule has 0 bridgehead atoms. The number of alkyl halides is 1. The number of hydroxylamine groups is 2. The molecule has 0 aromatic rings. The Labute approximate surface area is 97.3 Å². The maximum absolute atomic E-state index is 11.6. The Kier molecular flexibility index (Phi) is 3.62. The molecule has 0 spiro atoms. The maximum Gasteiger partial charge on any atom is 0.445 e. The minimum atomic E-state index is -0.543. The SMILES string of the molecule is CC(C)(C)OC(=O)N1OC(CN)=C[C@H]1Br. The first-order chi connectivity index (χ1) is 6.83. The van der Waals surface area contributed by atoms with E-state index in [0.717, 1.165) is 5.06 Å². The molecule has 15 heavy (non-hydrogen) atoms. The van der Waals surface area contributed by atoms with Gasteiger partial charge in [0.15, 0.2) is 4.95 Å². The average molecular weight is 279 g/mol. The van der Waals surface area contributed by atoms with Crippen LogP contribution in [-0.4, -0.2) is 28.3 Å². The highest BCUT2D eigenvalue weighted by molar-refractivity contribution is 9.09. The zero-order valence-corrected chi connectivity index (χ0v) is 10.6. The number of nitrogens with zero attached hydrogens (tertiary/aromatic N) is 1. The van der Waals surface area contributed by atoms with E-state index in [1.165, 1.54) is 0 Å². The average Bonchev–Trinajstić information content (AvgIpc) is 2.43. The lowest BCUT2D eigenvalue weighted by molar-refractivity contribution is -0.0985. The normalized spacial score (nSPS) is 21.0. The van der Waals surface area contributed by atoms with Gasteiger partial charge in [0.1, 0.15) is 11.4 Å². The molecule has 1 heterocycles. The molecule has 0 aromatic carbocycles. The maximum atomic E-state index is 11.6. The first-order valence-electron chi connectivity index (χ1n) is 4.58. The summed E-state index contributed by atoms with van der Waals surface area (Å²) in [5.41, 5.74) is 4.85. The highest BCUT2D eigenvalue weighted by atomic mass is 79.9.